The molecule has 1 aromatic heterocycles. The first-order valence-electron chi connectivity index (χ1n) is 10.6. The molecule has 0 aliphatic carbocycles. The third-order valence-corrected chi connectivity index (χ3v) is 6.80. The molecule has 3 aromatic rings. The second kappa shape index (κ2) is 10.4. The molecule has 0 bridgehead atoms. The van der Waals surface area contributed by atoms with E-state index in [1.54, 1.807) is 6.92 Å². The number of carbonyl (C=O) groups is 1. The number of benzene rings is 2. The summed E-state index contributed by atoms with van der Waals surface area (Å²) in [6, 6.07) is 13.9. The fourth-order valence-electron chi connectivity index (χ4n) is 3.63. The maximum Gasteiger partial charge on any atom is 0.271 e. The van der Waals surface area contributed by atoms with Gasteiger partial charge in [0, 0.05) is 18.7 Å². The van der Waals surface area contributed by atoms with Gasteiger partial charge >= 0.3 is 0 Å². The molecule has 1 aliphatic rings. The molecule has 0 spiro atoms. The SMILES string of the molecule is CC(Sc1ncc(-c2ccccc2)n1CC1CCCO1)C(=O)Nc1cc([N+](=O)[O-])ccc1Cl. The number of hydrogen-bond acceptors (Lipinski definition) is 6. The van der Waals surface area contributed by atoms with Crippen molar-refractivity contribution in [2.45, 2.75) is 42.8 Å². The van der Waals surface area contributed by atoms with E-state index in [2.05, 4.69) is 14.9 Å². The third-order valence-electron chi connectivity index (χ3n) is 5.37. The lowest BCUT2D eigenvalue weighted by Gasteiger charge is -2.18. The van der Waals surface area contributed by atoms with Gasteiger partial charge in [0.2, 0.25) is 5.91 Å². The zero-order valence-electron chi connectivity index (χ0n) is 17.9. The molecular weight excluding hydrogens is 464 g/mol. The second-order valence-electron chi connectivity index (χ2n) is 7.71. The molecule has 33 heavy (non-hydrogen) atoms. The van der Waals surface area contributed by atoms with Crippen LogP contribution in [0.15, 0.2) is 59.9 Å². The standard InChI is InChI=1S/C23H23ClN4O4S/c1-15(22(29)26-20-12-17(28(30)31)9-10-19(20)24)33-23-25-13-21(16-6-3-2-4-7-16)27(23)14-18-8-5-11-32-18/h2-4,6-7,9-10,12-13,15,18H,5,8,11,14H2,1H3,(H,26,29). The first kappa shape index (κ1) is 23.3. The minimum absolute atomic E-state index is 0.105. The van der Waals surface area contributed by atoms with Crippen LogP contribution in [0.25, 0.3) is 11.3 Å². The lowest BCUT2D eigenvalue weighted by molar-refractivity contribution is -0.384. The van der Waals surface area contributed by atoms with E-state index in [0.717, 1.165) is 30.7 Å². The Kier molecular flexibility index (Phi) is 7.32. The van der Waals surface area contributed by atoms with Crippen molar-refractivity contribution in [3.63, 3.8) is 0 Å². The van der Waals surface area contributed by atoms with Gasteiger partial charge in [-0.2, -0.15) is 0 Å². The van der Waals surface area contributed by atoms with E-state index in [4.69, 9.17) is 16.3 Å². The van der Waals surface area contributed by atoms with Crippen molar-refractivity contribution in [1.82, 2.24) is 9.55 Å². The number of amides is 1. The number of nitro benzene ring substituents is 1. The molecule has 1 N–H and O–H groups in total. The van der Waals surface area contributed by atoms with Crippen molar-refractivity contribution in [2.75, 3.05) is 11.9 Å². The molecule has 1 amide bonds. The van der Waals surface area contributed by atoms with Crippen LogP contribution in [0, 0.1) is 10.1 Å². The number of carbonyl (C=O) groups excluding carboxylic acids is 1. The smallest absolute Gasteiger partial charge is 0.271 e. The third kappa shape index (κ3) is 5.55. The van der Waals surface area contributed by atoms with Crippen LogP contribution >= 0.6 is 23.4 Å². The van der Waals surface area contributed by atoms with Gasteiger partial charge in [-0.1, -0.05) is 53.7 Å². The van der Waals surface area contributed by atoms with E-state index < -0.39 is 10.2 Å². The first-order chi connectivity index (χ1) is 15.9. The maximum atomic E-state index is 12.9. The van der Waals surface area contributed by atoms with E-state index in [1.807, 2.05) is 36.5 Å². The van der Waals surface area contributed by atoms with E-state index in [0.29, 0.717) is 11.7 Å². The Morgan fingerprint density at radius 2 is 2.15 bits per heavy atom. The number of rotatable bonds is 8. The highest BCUT2D eigenvalue weighted by atomic mass is 35.5. The van der Waals surface area contributed by atoms with Gasteiger partial charge in [-0.15, -0.1) is 0 Å². The van der Waals surface area contributed by atoms with Crippen LogP contribution in [0.3, 0.4) is 0 Å². The van der Waals surface area contributed by atoms with E-state index in [-0.39, 0.29) is 28.4 Å². The summed E-state index contributed by atoms with van der Waals surface area (Å²) < 4.78 is 7.94. The number of halogens is 1. The molecular formula is C23H23ClN4O4S. The predicted molar refractivity (Wildman–Crippen MR) is 129 cm³/mol. The number of non-ortho nitro benzene ring substituents is 1. The fourth-order valence-corrected chi connectivity index (χ4v) is 4.69. The molecule has 8 nitrogen and oxygen atoms in total. The number of imidazole rings is 1. The topological polar surface area (TPSA) is 99.3 Å². The number of thioether (sulfide) groups is 1. The van der Waals surface area contributed by atoms with Crippen LogP contribution in [0.4, 0.5) is 11.4 Å². The van der Waals surface area contributed by atoms with Gasteiger partial charge in [0.15, 0.2) is 5.16 Å². The molecule has 4 rings (SSSR count). The monoisotopic (exact) mass is 486 g/mol. The molecule has 2 aromatic carbocycles. The van der Waals surface area contributed by atoms with E-state index >= 15 is 0 Å². The molecule has 2 atom stereocenters. The van der Waals surface area contributed by atoms with Crippen LogP contribution in [0.1, 0.15) is 19.8 Å². The number of ether oxygens (including phenoxy) is 1. The zero-order chi connectivity index (χ0) is 23.4. The van der Waals surface area contributed by atoms with Gasteiger partial charge in [-0.3, -0.25) is 14.9 Å². The summed E-state index contributed by atoms with van der Waals surface area (Å²) in [7, 11) is 0. The number of anilines is 1. The minimum atomic E-state index is -0.531. The van der Waals surface area contributed by atoms with Crippen molar-refractivity contribution in [3.8, 4) is 11.3 Å². The van der Waals surface area contributed by atoms with Crippen molar-refractivity contribution >= 4 is 40.6 Å². The summed E-state index contributed by atoms with van der Waals surface area (Å²) in [6.45, 7) is 3.17. The second-order valence-corrected chi connectivity index (χ2v) is 9.42. The van der Waals surface area contributed by atoms with Crippen LogP contribution in [-0.2, 0) is 16.1 Å². The van der Waals surface area contributed by atoms with Crippen molar-refractivity contribution in [1.29, 1.82) is 0 Å². The lowest BCUT2D eigenvalue weighted by atomic mass is 10.1. The Bertz CT molecular complexity index is 1150. The molecule has 172 valence electrons. The maximum absolute atomic E-state index is 12.9. The quantitative estimate of drug-likeness (QED) is 0.259. The Hall–Kier alpha value is -2.88. The summed E-state index contributed by atoms with van der Waals surface area (Å²) in [5.74, 6) is -0.324. The highest BCUT2D eigenvalue weighted by molar-refractivity contribution is 8.00. The Morgan fingerprint density at radius 1 is 1.36 bits per heavy atom. The molecule has 1 aliphatic heterocycles. The molecule has 1 fully saturated rings. The van der Waals surface area contributed by atoms with Crippen molar-refractivity contribution < 1.29 is 14.5 Å². The Morgan fingerprint density at radius 3 is 2.85 bits per heavy atom. The van der Waals surface area contributed by atoms with Crippen molar-refractivity contribution in [3.05, 3.63) is 69.9 Å². The summed E-state index contributed by atoms with van der Waals surface area (Å²) in [5, 5.41) is 14.2. The van der Waals surface area contributed by atoms with Crippen LogP contribution in [0.2, 0.25) is 5.02 Å². The molecule has 10 heteroatoms. The number of nitrogens with zero attached hydrogens (tertiary/aromatic N) is 3. The number of nitrogens with one attached hydrogen (secondary N) is 1. The normalized spacial score (nSPS) is 16.5. The van der Waals surface area contributed by atoms with Gasteiger partial charge in [0.05, 0.1) is 45.4 Å². The Labute approximate surface area is 200 Å². The van der Waals surface area contributed by atoms with Gasteiger partial charge in [0.25, 0.3) is 5.69 Å². The van der Waals surface area contributed by atoms with Crippen LogP contribution < -0.4 is 5.32 Å². The molecule has 0 radical (unpaired) electrons. The van der Waals surface area contributed by atoms with Crippen LogP contribution in [-0.4, -0.2) is 38.3 Å². The minimum Gasteiger partial charge on any atom is -0.376 e. The average Bonchev–Trinajstić information content (AvgIpc) is 3.46. The summed E-state index contributed by atoms with van der Waals surface area (Å²) in [6.07, 6.45) is 3.94. The zero-order valence-corrected chi connectivity index (χ0v) is 19.5. The molecule has 2 heterocycles. The van der Waals surface area contributed by atoms with Gasteiger partial charge in [-0.05, 0) is 31.4 Å². The predicted octanol–water partition coefficient (Wildman–Crippen LogP) is 5.41. The van der Waals surface area contributed by atoms with Gasteiger partial charge in [-0.25, -0.2) is 4.98 Å². The average molecular weight is 487 g/mol. The van der Waals surface area contributed by atoms with Crippen molar-refractivity contribution in [2.24, 2.45) is 0 Å². The highest BCUT2D eigenvalue weighted by Gasteiger charge is 2.24. The largest absolute Gasteiger partial charge is 0.376 e. The summed E-state index contributed by atoms with van der Waals surface area (Å²) in [4.78, 5) is 28.0. The molecule has 2 unspecified atom stereocenters. The Balaban J connectivity index is 1.54. The molecule has 0 saturated carbocycles. The molecule has 1 saturated heterocycles. The number of aromatic nitrogens is 2. The van der Waals surface area contributed by atoms with Gasteiger partial charge in [0.1, 0.15) is 0 Å². The summed E-state index contributed by atoms with van der Waals surface area (Å²) >= 11 is 7.45. The van der Waals surface area contributed by atoms with Crippen LogP contribution in [0.5, 0.6) is 0 Å². The van der Waals surface area contributed by atoms with E-state index in [1.165, 1.54) is 30.0 Å². The highest BCUT2D eigenvalue weighted by Crippen LogP contribution is 2.32. The first-order valence-corrected chi connectivity index (χ1v) is 11.8. The fraction of sp³-hybridized carbons (Fsp3) is 0.304. The van der Waals surface area contributed by atoms with Gasteiger partial charge < -0.3 is 14.6 Å². The summed E-state index contributed by atoms with van der Waals surface area (Å²) in [5.41, 5.74) is 2.06. The van der Waals surface area contributed by atoms with E-state index in [9.17, 15) is 14.9 Å². The number of hydrogen-bond donors (Lipinski definition) is 1. The lowest BCUT2D eigenvalue weighted by Crippen LogP contribution is -2.24. The number of nitro groups is 1.